The van der Waals surface area contributed by atoms with Crippen LogP contribution in [0.25, 0.3) is 0 Å². The van der Waals surface area contributed by atoms with Crippen LogP contribution in [0.2, 0.25) is 0 Å². The van der Waals surface area contributed by atoms with Crippen LogP contribution in [0.3, 0.4) is 0 Å². The van der Waals surface area contributed by atoms with E-state index in [2.05, 4.69) is 21.2 Å². The summed E-state index contributed by atoms with van der Waals surface area (Å²) >= 11 is 3.26. The lowest BCUT2D eigenvalue weighted by Gasteiger charge is -2.28. The van der Waals surface area contributed by atoms with Crippen molar-refractivity contribution in [2.45, 2.75) is 31.7 Å². The highest BCUT2D eigenvalue weighted by Crippen LogP contribution is 2.39. The summed E-state index contributed by atoms with van der Waals surface area (Å²) in [6, 6.07) is 4.53. The molecule has 2 rings (SSSR count). The van der Waals surface area contributed by atoms with E-state index in [1.165, 1.54) is 6.07 Å². The maximum atomic E-state index is 13.6. The molecule has 104 valence electrons. The van der Waals surface area contributed by atoms with Crippen LogP contribution in [0.15, 0.2) is 22.7 Å². The number of rotatable bonds is 5. The fraction of sp³-hybridized carbons (Fsp3) is 0.500. The molecule has 1 aromatic carbocycles. The van der Waals surface area contributed by atoms with Crippen molar-refractivity contribution < 1.29 is 14.3 Å². The third-order valence-corrected chi connectivity index (χ3v) is 4.08. The second-order valence-corrected chi connectivity index (χ2v) is 6.23. The zero-order valence-electron chi connectivity index (χ0n) is 10.7. The number of carbonyl (C=O) groups excluding carboxylic acids is 1. The van der Waals surface area contributed by atoms with E-state index >= 15 is 0 Å². The van der Waals surface area contributed by atoms with Crippen LogP contribution in [-0.2, 0) is 11.2 Å². The predicted molar refractivity (Wildman–Crippen MR) is 74.2 cm³/mol. The smallest absolute Gasteiger partial charge is 0.225 e. The first kappa shape index (κ1) is 14.5. The lowest BCUT2D eigenvalue weighted by molar-refractivity contribution is -0.123. The van der Waals surface area contributed by atoms with Crippen LogP contribution in [0.4, 0.5) is 4.39 Å². The number of hydrogen-bond donors (Lipinski definition) is 2. The van der Waals surface area contributed by atoms with Gasteiger partial charge in [0.25, 0.3) is 0 Å². The molecule has 1 fully saturated rings. The quantitative estimate of drug-likeness (QED) is 0.871. The molecule has 5 heteroatoms. The molecule has 3 nitrogen and oxygen atoms in total. The second-order valence-electron chi connectivity index (χ2n) is 5.31. The molecule has 0 radical (unpaired) electrons. The fourth-order valence-corrected chi connectivity index (χ4v) is 2.61. The molecule has 1 unspecified atom stereocenters. The molecule has 19 heavy (non-hydrogen) atoms. The number of benzene rings is 1. The van der Waals surface area contributed by atoms with Crippen molar-refractivity contribution >= 4 is 21.8 Å². The van der Waals surface area contributed by atoms with Crippen LogP contribution in [0, 0.1) is 11.7 Å². The number of halogens is 2. The average molecular weight is 330 g/mol. The summed E-state index contributed by atoms with van der Waals surface area (Å²) in [7, 11) is 0. The number of aliphatic hydroxyl groups excluding tert-OH is 1. The minimum absolute atomic E-state index is 0.0203. The third-order valence-electron chi connectivity index (χ3n) is 3.59. The lowest BCUT2D eigenvalue weighted by atomic mass is 9.96. The van der Waals surface area contributed by atoms with Gasteiger partial charge in [-0.25, -0.2) is 4.39 Å². The Hall–Kier alpha value is -0.940. The zero-order valence-corrected chi connectivity index (χ0v) is 12.3. The van der Waals surface area contributed by atoms with Crippen LogP contribution in [-0.4, -0.2) is 23.2 Å². The molecule has 1 saturated carbocycles. The van der Waals surface area contributed by atoms with E-state index in [0.29, 0.717) is 11.5 Å². The van der Waals surface area contributed by atoms with Gasteiger partial charge in [-0.3, -0.25) is 4.79 Å². The molecule has 0 bridgehead atoms. The highest BCUT2D eigenvalue weighted by molar-refractivity contribution is 9.10. The van der Waals surface area contributed by atoms with Crippen LogP contribution in [0.5, 0.6) is 0 Å². The Labute approximate surface area is 120 Å². The van der Waals surface area contributed by atoms with Crippen molar-refractivity contribution in [2.24, 2.45) is 5.92 Å². The molecule has 0 spiro atoms. The van der Waals surface area contributed by atoms with Gasteiger partial charge < -0.3 is 10.4 Å². The van der Waals surface area contributed by atoms with E-state index in [4.69, 9.17) is 0 Å². The Morgan fingerprint density at radius 2 is 2.26 bits per heavy atom. The monoisotopic (exact) mass is 329 g/mol. The van der Waals surface area contributed by atoms with Gasteiger partial charge in [-0.15, -0.1) is 0 Å². The number of aliphatic hydroxyl groups is 1. The van der Waals surface area contributed by atoms with Gasteiger partial charge in [-0.1, -0.05) is 15.9 Å². The summed E-state index contributed by atoms with van der Waals surface area (Å²) in [4.78, 5) is 12.0. The Kier molecular flexibility index (Phi) is 4.26. The largest absolute Gasteiger partial charge is 0.394 e. The molecule has 0 heterocycles. The van der Waals surface area contributed by atoms with Gasteiger partial charge >= 0.3 is 0 Å². The van der Waals surface area contributed by atoms with Crippen molar-refractivity contribution in [2.75, 3.05) is 6.61 Å². The molecule has 0 saturated heterocycles. The highest BCUT2D eigenvalue weighted by atomic mass is 79.9. The summed E-state index contributed by atoms with van der Waals surface area (Å²) in [6.07, 6.45) is 2.01. The standard InChI is InChI=1S/C14H17BrFNO2/c1-14(8-18,10-2-3-10)17-13(19)7-9-6-11(15)4-5-12(9)16/h4-6,10,18H,2-3,7-8H2,1H3,(H,17,19). The van der Waals surface area contributed by atoms with E-state index in [9.17, 15) is 14.3 Å². The van der Waals surface area contributed by atoms with E-state index in [-0.39, 0.29) is 18.9 Å². The minimum atomic E-state index is -0.584. The molecular formula is C14H17BrFNO2. The van der Waals surface area contributed by atoms with Gasteiger partial charge in [0.2, 0.25) is 5.91 Å². The maximum absolute atomic E-state index is 13.6. The molecule has 1 amide bonds. The second kappa shape index (κ2) is 5.59. The first-order valence-electron chi connectivity index (χ1n) is 6.30. The lowest BCUT2D eigenvalue weighted by Crippen LogP contribution is -2.51. The molecule has 0 aromatic heterocycles. The van der Waals surface area contributed by atoms with Gasteiger partial charge in [0.15, 0.2) is 0 Å². The molecule has 0 aliphatic heterocycles. The van der Waals surface area contributed by atoms with Gasteiger partial charge in [-0.2, -0.15) is 0 Å². The van der Waals surface area contributed by atoms with Crippen LogP contribution < -0.4 is 5.32 Å². The number of hydrogen-bond acceptors (Lipinski definition) is 2. The van der Waals surface area contributed by atoms with Crippen molar-refractivity contribution in [3.8, 4) is 0 Å². The topological polar surface area (TPSA) is 49.3 Å². The van der Waals surface area contributed by atoms with E-state index in [1.807, 2.05) is 6.92 Å². The first-order chi connectivity index (χ1) is 8.94. The van der Waals surface area contributed by atoms with Crippen molar-refractivity contribution in [3.63, 3.8) is 0 Å². The van der Waals surface area contributed by atoms with Crippen molar-refractivity contribution in [3.05, 3.63) is 34.1 Å². The number of nitrogens with one attached hydrogen (secondary N) is 1. The highest BCUT2D eigenvalue weighted by Gasteiger charge is 2.42. The van der Waals surface area contributed by atoms with E-state index in [0.717, 1.165) is 17.3 Å². The fourth-order valence-electron chi connectivity index (χ4n) is 2.21. The predicted octanol–water partition coefficient (Wildman–Crippen LogP) is 2.41. The Morgan fingerprint density at radius 1 is 1.58 bits per heavy atom. The van der Waals surface area contributed by atoms with Crippen LogP contribution >= 0.6 is 15.9 Å². The zero-order chi connectivity index (χ0) is 14.0. The van der Waals surface area contributed by atoms with Crippen molar-refractivity contribution in [1.29, 1.82) is 0 Å². The summed E-state index contributed by atoms with van der Waals surface area (Å²) in [5.74, 6) is -0.329. The van der Waals surface area contributed by atoms with Crippen molar-refractivity contribution in [1.82, 2.24) is 5.32 Å². The molecule has 2 N–H and O–H groups in total. The number of amides is 1. The maximum Gasteiger partial charge on any atom is 0.225 e. The van der Waals surface area contributed by atoms with Gasteiger partial charge in [0, 0.05) is 4.47 Å². The average Bonchev–Trinajstić information content (AvgIpc) is 3.18. The Morgan fingerprint density at radius 3 is 2.84 bits per heavy atom. The van der Waals surface area contributed by atoms with E-state index < -0.39 is 11.4 Å². The summed E-state index contributed by atoms with van der Waals surface area (Å²) in [5, 5.41) is 12.2. The summed E-state index contributed by atoms with van der Waals surface area (Å²) in [6.45, 7) is 1.74. The van der Waals surface area contributed by atoms with Crippen LogP contribution in [0.1, 0.15) is 25.3 Å². The van der Waals surface area contributed by atoms with Gasteiger partial charge in [-0.05, 0) is 49.4 Å². The molecule has 1 atom stereocenters. The Bertz CT molecular complexity index is 490. The summed E-state index contributed by atoms with van der Waals surface area (Å²) in [5.41, 5.74) is -0.234. The number of carbonyl (C=O) groups is 1. The molecule has 1 aliphatic carbocycles. The van der Waals surface area contributed by atoms with Gasteiger partial charge in [0.1, 0.15) is 5.82 Å². The van der Waals surface area contributed by atoms with Gasteiger partial charge in [0.05, 0.1) is 18.6 Å². The van der Waals surface area contributed by atoms with E-state index in [1.54, 1.807) is 12.1 Å². The summed E-state index contributed by atoms with van der Waals surface area (Å²) < 4.78 is 14.3. The Balaban J connectivity index is 2.02. The molecule has 1 aromatic rings. The third kappa shape index (κ3) is 3.54. The SMILES string of the molecule is CC(CO)(NC(=O)Cc1cc(Br)ccc1F)C1CC1. The molecular weight excluding hydrogens is 313 g/mol. The first-order valence-corrected chi connectivity index (χ1v) is 7.10. The normalized spacial score (nSPS) is 17.9. The minimum Gasteiger partial charge on any atom is -0.394 e. The molecule has 1 aliphatic rings.